The summed E-state index contributed by atoms with van der Waals surface area (Å²) in [5, 5.41) is 12.8. The highest BCUT2D eigenvalue weighted by Gasteiger charge is 2.34. The topological polar surface area (TPSA) is 81.0 Å². The Labute approximate surface area is 166 Å². The number of benzene rings is 2. The number of rotatable bonds is 6. The molecular weight excluding hydrogens is 374 g/mol. The Morgan fingerprint density at radius 2 is 1.57 bits per heavy atom. The molecule has 1 aromatic heterocycles. The molecule has 2 aromatic carbocycles. The van der Waals surface area contributed by atoms with Gasteiger partial charge in [-0.2, -0.15) is 4.68 Å². The molecule has 0 saturated heterocycles. The van der Waals surface area contributed by atoms with Gasteiger partial charge >= 0.3 is 0 Å². The van der Waals surface area contributed by atoms with Crippen molar-refractivity contribution in [2.75, 3.05) is 12.3 Å². The SMILES string of the molecule is Cc1cccc(C)c1-n1nnnc1SCCCN1C(=O)c2ccccc2C1=O. The largest absolute Gasteiger partial charge is 0.274 e. The zero-order valence-electron chi connectivity index (χ0n) is 15.6. The number of aromatic nitrogens is 4. The first-order valence-corrected chi connectivity index (χ1v) is 9.99. The third-order valence-electron chi connectivity index (χ3n) is 4.73. The number of imide groups is 1. The first-order valence-electron chi connectivity index (χ1n) is 9.01. The van der Waals surface area contributed by atoms with E-state index in [4.69, 9.17) is 0 Å². The summed E-state index contributed by atoms with van der Waals surface area (Å²) in [5.74, 6) is 0.260. The van der Waals surface area contributed by atoms with Crippen molar-refractivity contribution in [2.24, 2.45) is 0 Å². The first-order chi connectivity index (χ1) is 13.6. The standard InChI is InChI=1S/C20H19N5O2S/c1-13-7-5-8-14(2)17(13)25-20(21-22-23-25)28-12-6-11-24-18(26)15-9-3-4-10-16(15)19(24)27/h3-5,7-10H,6,11-12H2,1-2H3. The molecule has 2 amide bonds. The quantitative estimate of drug-likeness (QED) is 0.364. The minimum atomic E-state index is -0.217. The Kier molecular flexibility index (Phi) is 4.95. The lowest BCUT2D eigenvalue weighted by Crippen LogP contribution is -2.31. The number of fused-ring (bicyclic) bond motifs is 1. The monoisotopic (exact) mass is 393 g/mol. The van der Waals surface area contributed by atoms with Crippen LogP contribution in [0.2, 0.25) is 0 Å². The van der Waals surface area contributed by atoms with Gasteiger partial charge in [-0.15, -0.1) is 5.10 Å². The third-order valence-corrected chi connectivity index (χ3v) is 5.73. The highest BCUT2D eigenvalue weighted by atomic mass is 32.2. The van der Waals surface area contributed by atoms with Gasteiger partial charge in [0.2, 0.25) is 5.16 Å². The number of carbonyl (C=O) groups is 2. The molecule has 142 valence electrons. The number of amides is 2. The fourth-order valence-electron chi connectivity index (χ4n) is 3.38. The summed E-state index contributed by atoms with van der Waals surface area (Å²) in [4.78, 5) is 26.1. The van der Waals surface area contributed by atoms with Gasteiger partial charge in [-0.1, -0.05) is 42.1 Å². The molecule has 28 heavy (non-hydrogen) atoms. The van der Waals surface area contributed by atoms with E-state index in [1.54, 1.807) is 28.9 Å². The maximum absolute atomic E-state index is 12.4. The fourth-order valence-corrected chi connectivity index (χ4v) is 4.18. The smallest absolute Gasteiger partial charge is 0.261 e. The van der Waals surface area contributed by atoms with Crippen LogP contribution in [0.15, 0.2) is 47.6 Å². The number of hydrogen-bond acceptors (Lipinski definition) is 6. The summed E-state index contributed by atoms with van der Waals surface area (Å²) in [6, 6.07) is 13.0. The Morgan fingerprint density at radius 1 is 0.929 bits per heavy atom. The van der Waals surface area contributed by atoms with E-state index in [9.17, 15) is 9.59 Å². The average Bonchev–Trinajstić information content (AvgIpc) is 3.23. The van der Waals surface area contributed by atoms with Gasteiger partial charge in [0.05, 0.1) is 16.8 Å². The molecule has 3 aromatic rings. The predicted molar refractivity (Wildman–Crippen MR) is 106 cm³/mol. The highest BCUT2D eigenvalue weighted by Crippen LogP contribution is 2.25. The Bertz CT molecular complexity index is 1010. The molecule has 7 nitrogen and oxygen atoms in total. The summed E-state index contributed by atoms with van der Waals surface area (Å²) in [6.07, 6.45) is 0.662. The Balaban J connectivity index is 1.40. The van der Waals surface area contributed by atoms with E-state index in [1.807, 2.05) is 32.0 Å². The molecule has 0 atom stereocenters. The Hall–Kier alpha value is -3.00. The van der Waals surface area contributed by atoms with E-state index in [0.717, 1.165) is 16.8 Å². The highest BCUT2D eigenvalue weighted by molar-refractivity contribution is 7.99. The molecule has 1 aliphatic heterocycles. The lowest BCUT2D eigenvalue weighted by atomic mass is 10.1. The van der Waals surface area contributed by atoms with Gasteiger partial charge in [0, 0.05) is 12.3 Å². The molecule has 0 bridgehead atoms. The molecule has 1 aliphatic rings. The molecule has 4 rings (SSSR count). The van der Waals surface area contributed by atoms with Gasteiger partial charge in [0.25, 0.3) is 11.8 Å². The van der Waals surface area contributed by atoms with Crippen molar-refractivity contribution < 1.29 is 9.59 Å². The van der Waals surface area contributed by atoms with Crippen LogP contribution >= 0.6 is 11.8 Å². The van der Waals surface area contributed by atoms with Gasteiger partial charge < -0.3 is 0 Å². The summed E-state index contributed by atoms with van der Waals surface area (Å²) in [5.41, 5.74) is 4.15. The predicted octanol–water partition coefficient (Wildman–Crippen LogP) is 3.06. The second-order valence-corrected chi connectivity index (χ2v) is 7.69. The van der Waals surface area contributed by atoms with Crippen LogP contribution in [0.5, 0.6) is 0 Å². The number of tetrazole rings is 1. The van der Waals surface area contributed by atoms with E-state index >= 15 is 0 Å². The van der Waals surface area contributed by atoms with Gasteiger partial charge in [-0.05, 0) is 54.0 Å². The first kappa shape index (κ1) is 18.4. The van der Waals surface area contributed by atoms with Crippen LogP contribution in [0.4, 0.5) is 0 Å². The lowest BCUT2D eigenvalue weighted by molar-refractivity contribution is 0.0655. The molecule has 0 N–H and O–H groups in total. The van der Waals surface area contributed by atoms with E-state index in [0.29, 0.717) is 35.0 Å². The summed E-state index contributed by atoms with van der Waals surface area (Å²) in [6.45, 7) is 4.44. The fraction of sp³-hybridized carbons (Fsp3) is 0.250. The molecule has 0 unspecified atom stereocenters. The van der Waals surface area contributed by atoms with Crippen molar-refractivity contribution in [3.05, 3.63) is 64.7 Å². The minimum Gasteiger partial charge on any atom is -0.274 e. The van der Waals surface area contributed by atoms with Gasteiger partial charge in [-0.3, -0.25) is 14.5 Å². The second kappa shape index (κ2) is 7.55. The molecular formula is C20H19N5O2S. The third kappa shape index (κ3) is 3.20. The number of aryl methyl sites for hydroxylation is 2. The maximum atomic E-state index is 12.4. The van der Waals surface area contributed by atoms with E-state index in [1.165, 1.54) is 16.7 Å². The van der Waals surface area contributed by atoms with Gasteiger partial charge in [-0.25, -0.2) is 0 Å². The lowest BCUT2D eigenvalue weighted by Gasteiger charge is -2.13. The number of thioether (sulfide) groups is 1. The van der Waals surface area contributed by atoms with Crippen LogP contribution in [-0.4, -0.2) is 49.2 Å². The zero-order chi connectivity index (χ0) is 19.7. The van der Waals surface area contributed by atoms with Gasteiger partial charge in [0.1, 0.15) is 0 Å². The zero-order valence-corrected chi connectivity index (χ0v) is 16.4. The van der Waals surface area contributed by atoms with Crippen molar-refractivity contribution in [3.63, 3.8) is 0 Å². The number of carbonyl (C=O) groups excluding carboxylic acids is 2. The van der Waals surface area contributed by atoms with Crippen LogP contribution in [0, 0.1) is 13.8 Å². The molecule has 0 fully saturated rings. The number of para-hydroxylation sites is 1. The Morgan fingerprint density at radius 3 is 2.21 bits per heavy atom. The van der Waals surface area contributed by atoms with Crippen molar-refractivity contribution in [1.82, 2.24) is 25.1 Å². The van der Waals surface area contributed by atoms with Gasteiger partial charge in [0.15, 0.2) is 0 Å². The average molecular weight is 393 g/mol. The molecule has 0 radical (unpaired) electrons. The van der Waals surface area contributed by atoms with Crippen LogP contribution in [-0.2, 0) is 0 Å². The number of nitrogens with zero attached hydrogens (tertiary/aromatic N) is 5. The minimum absolute atomic E-state index is 0.217. The normalized spacial score (nSPS) is 13.3. The van der Waals surface area contributed by atoms with Crippen LogP contribution in [0.3, 0.4) is 0 Å². The molecule has 0 saturated carbocycles. The van der Waals surface area contributed by atoms with Crippen LogP contribution in [0.1, 0.15) is 38.3 Å². The molecule has 0 spiro atoms. The van der Waals surface area contributed by atoms with Crippen molar-refractivity contribution in [3.8, 4) is 5.69 Å². The maximum Gasteiger partial charge on any atom is 0.261 e. The second-order valence-electron chi connectivity index (χ2n) is 6.62. The summed E-state index contributed by atoms with van der Waals surface area (Å²) >= 11 is 1.51. The summed E-state index contributed by atoms with van der Waals surface area (Å²) < 4.78 is 1.75. The van der Waals surface area contributed by atoms with Crippen LogP contribution < -0.4 is 0 Å². The number of hydrogen-bond donors (Lipinski definition) is 0. The summed E-state index contributed by atoms with van der Waals surface area (Å²) in [7, 11) is 0. The molecule has 0 aliphatic carbocycles. The van der Waals surface area contributed by atoms with E-state index in [2.05, 4.69) is 15.5 Å². The van der Waals surface area contributed by atoms with Crippen LogP contribution in [0.25, 0.3) is 5.69 Å². The van der Waals surface area contributed by atoms with Crippen molar-refractivity contribution in [1.29, 1.82) is 0 Å². The van der Waals surface area contributed by atoms with Crippen molar-refractivity contribution in [2.45, 2.75) is 25.4 Å². The van der Waals surface area contributed by atoms with Crippen molar-refractivity contribution >= 4 is 23.6 Å². The molecule has 2 heterocycles. The molecule has 8 heteroatoms. The van der Waals surface area contributed by atoms with E-state index in [-0.39, 0.29) is 11.8 Å². The van der Waals surface area contributed by atoms with E-state index < -0.39 is 0 Å².